The number of nitrogens with one attached hydrogen (secondary N) is 2. The van der Waals surface area contributed by atoms with E-state index in [0.29, 0.717) is 53.9 Å². The number of halogens is 3. The molecule has 0 radical (unpaired) electrons. The number of hydrogen-bond donors (Lipinski definition) is 2. The molecule has 1 atom stereocenters. The molecule has 3 heterocycles. The number of rotatable bonds is 5. The second kappa shape index (κ2) is 11.1. The van der Waals surface area contributed by atoms with Gasteiger partial charge in [-0.2, -0.15) is 13.2 Å². The van der Waals surface area contributed by atoms with Gasteiger partial charge in [-0.15, -0.1) is 11.3 Å². The van der Waals surface area contributed by atoms with Crippen LogP contribution >= 0.6 is 11.3 Å². The van der Waals surface area contributed by atoms with Gasteiger partial charge in [0.2, 0.25) is 0 Å². The van der Waals surface area contributed by atoms with Crippen LogP contribution in [0, 0.1) is 0 Å². The van der Waals surface area contributed by atoms with Crippen LogP contribution in [0.4, 0.5) is 18.9 Å². The number of alkyl halides is 3. The van der Waals surface area contributed by atoms with Crippen molar-refractivity contribution < 1.29 is 27.6 Å². The second-order valence-corrected chi connectivity index (χ2v) is 11.1. The monoisotopic (exact) mass is 590 g/mol. The van der Waals surface area contributed by atoms with Crippen LogP contribution in [-0.2, 0) is 11.0 Å². The van der Waals surface area contributed by atoms with E-state index in [1.807, 2.05) is 12.1 Å². The predicted octanol–water partition coefficient (Wildman–Crippen LogP) is 6.27. The maximum atomic E-state index is 13.5. The Kier molecular flexibility index (Phi) is 7.28. The van der Waals surface area contributed by atoms with Gasteiger partial charge < -0.3 is 15.5 Å². The average molecular weight is 591 g/mol. The van der Waals surface area contributed by atoms with Crippen molar-refractivity contribution in [3.05, 3.63) is 106 Å². The van der Waals surface area contributed by atoms with Crippen LogP contribution in [0.15, 0.2) is 78.2 Å². The van der Waals surface area contributed by atoms with Crippen LogP contribution in [0.3, 0.4) is 0 Å². The van der Waals surface area contributed by atoms with Gasteiger partial charge in [-0.3, -0.25) is 14.4 Å². The fourth-order valence-electron chi connectivity index (χ4n) is 5.40. The lowest BCUT2D eigenvalue weighted by Crippen LogP contribution is -2.38. The molecule has 2 aliphatic rings. The Labute approximate surface area is 243 Å². The summed E-state index contributed by atoms with van der Waals surface area (Å²) in [6, 6.07) is 18.1. The third-order valence-corrected chi connectivity index (χ3v) is 8.64. The zero-order chi connectivity index (χ0) is 29.4. The normalized spacial score (nSPS) is 17.1. The number of carbonyl (C=O) groups excluding carboxylic acids is 3. The van der Waals surface area contributed by atoms with Gasteiger partial charge in [0.1, 0.15) is 11.7 Å². The number of thiazole rings is 1. The van der Waals surface area contributed by atoms with E-state index >= 15 is 0 Å². The van der Waals surface area contributed by atoms with E-state index < -0.39 is 23.7 Å². The fraction of sp³-hybridized carbons (Fsp3) is 0.226. The van der Waals surface area contributed by atoms with Gasteiger partial charge in [0.05, 0.1) is 10.6 Å². The molecule has 1 fully saturated rings. The van der Waals surface area contributed by atoms with Crippen molar-refractivity contribution in [1.82, 2.24) is 15.2 Å². The number of amides is 3. The van der Waals surface area contributed by atoms with E-state index in [-0.39, 0.29) is 23.4 Å². The van der Waals surface area contributed by atoms with E-state index in [0.717, 1.165) is 17.1 Å². The number of likely N-dealkylation sites (tertiary alicyclic amines) is 1. The number of para-hydroxylation sites is 1. The summed E-state index contributed by atoms with van der Waals surface area (Å²) in [6.07, 6.45) is -3.12. The Hall–Kier alpha value is -4.51. The standard InChI is InChI=1S/C31H25F3N4O3S/c32-31(33,34)20-11-9-18(10-12-20)21-5-1-2-6-22(21)30(41)38-15-13-19(14-16-38)29-36-25(17-42-29)27(39)37-26-23-7-3-4-8-24(23)35-28(26)40/h1-12,17,19,26H,13-16H2,(H,35,40)(H,37,39). The van der Waals surface area contributed by atoms with Crippen molar-refractivity contribution in [2.24, 2.45) is 0 Å². The molecule has 11 heteroatoms. The minimum Gasteiger partial charge on any atom is -0.339 e. The van der Waals surface area contributed by atoms with Crippen molar-refractivity contribution >= 4 is 34.7 Å². The fourth-order valence-corrected chi connectivity index (χ4v) is 6.37. The number of piperidine rings is 1. The number of aromatic nitrogens is 1. The maximum absolute atomic E-state index is 13.5. The molecule has 6 rings (SSSR count). The number of hydrogen-bond acceptors (Lipinski definition) is 5. The quantitative estimate of drug-likeness (QED) is 0.287. The van der Waals surface area contributed by atoms with Crippen molar-refractivity contribution in [3.63, 3.8) is 0 Å². The van der Waals surface area contributed by atoms with Crippen molar-refractivity contribution in [1.29, 1.82) is 0 Å². The van der Waals surface area contributed by atoms with Gasteiger partial charge >= 0.3 is 6.18 Å². The summed E-state index contributed by atoms with van der Waals surface area (Å²) in [4.78, 5) is 45.1. The smallest absolute Gasteiger partial charge is 0.339 e. The summed E-state index contributed by atoms with van der Waals surface area (Å²) in [5, 5.41) is 8.01. The molecule has 0 spiro atoms. The Morgan fingerprint density at radius 3 is 2.38 bits per heavy atom. The van der Waals surface area contributed by atoms with Crippen molar-refractivity contribution in [2.45, 2.75) is 31.0 Å². The molecule has 0 saturated carbocycles. The maximum Gasteiger partial charge on any atom is 0.416 e. The summed E-state index contributed by atoms with van der Waals surface area (Å²) >= 11 is 1.38. The van der Waals surface area contributed by atoms with E-state index in [2.05, 4.69) is 15.6 Å². The van der Waals surface area contributed by atoms with E-state index in [9.17, 15) is 27.6 Å². The van der Waals surface area contributed by atoms with Gasteiger partial charge in [0, 0.05) is 41.2 Å². The lowest BCUT2D eigenvalue weighted by Gasteiger charge is -2.31. The van der Waals surface area contributed by atoms with E-state index in [4.69, 9.17) is 0 Å². The Morgan fingerprint density at radius 2 is 1.64 bits per heavy atom. The number of carbonyl (C=O) groups is 3. The minimum absolute atomic E-state index is 0.0706. The number of benzene rings is 3. The molecule has 2 aliphatic heterocycles. The summed E-state index contributed by atoms with van der Waals surface area (Å²) in [5.74, 6) is -0.835. The van der Waals surface area contributed by atoms with Crippen LogP contribution in [0.25, 0.3) is 11.1 Å². The van der Waals surface area contributed by atoms with E-state index in [1.165, 1.54) is 23.5 Å². The van der Waals surface area contributed by atoms with Crippen LogP contribution in [0.1, 0.15) is 61.8 Å². The minimum atomic E-state index is -4.43. The molecule has 1 aromatic heterocycles. The molecule has 1 unspecified atom stereocenters. The third-order valence-electron chi connectivity index (χ3n) is 7.63. The summed E-state index contributed by atoms with van der Waals surface area (Å²) in [6.45, 7) is 0.954. The summed E-state index contributed by atoms with van der Waals surface area (Å²) in [5.41, 5.74) is 2.44. The highest BCUT2D eigenvalue weighted by Gasteiger charge is 2.33. The van der Waals surface area contributed by atoms with E-state index in [1.54, 1.807) is 46.7 Å². The molecular weight excluding hydrogens is 565 g/mol. The highest BCUT2D eigenvalue weighted by molar-refractivity contribution is 7.09. The van der Waals surface area contributed by atoms with Gasteiger partial charge in [-0.05, 0) is 48.2 Å². The number of anilines is 1. The molecule has 7 nitrogen and oxygen atoms in total. The third kappa shape index (κ3) is 5.39. The lowest BCUT2D eigenvalue weighted by molar-refractivity contribution is -0.137. The largest absolute Gasteiger partial charge is 0.416 e. The molecule has 214 valence electrons. The van der Waals surface area contributed by atoms with Crippen molar-refractivity contribution in [3.8, 4) is 11.1 Å². The predicted molar refractivity (Wildman–Crippen MR) is 152 cm³/mol. The van der Waals surface area contributed by atoms with Crippen LogP contribution in [0.5, 0.6) is 0 Å². The van der Waals surface area contributed by atoms with Gasteiger partial charge in [0.15, 0.2) is 0 Å². The summed E-state index contributed by atoms with van der Waals surface area (Å²) < 4.78 is 39.0. The first-order chi connectivity index (χ1) is 20.2. The van der Waals surface area contributed by atoms with Gasteiger partial charge in [0.25, 0.3) is 17.7 Å². The van der Waals surface area contributed by atoms with Gasteiger partial charge in [-0.25, -0.2) is 4.98 Å². The Bertz CT molecular complexity index is 1660. The van der Waals surface area contributed by atoms with Crippen LogP contribution in [0.2, 0.25) is 0 Å². The molecule has 4 aromatic rings. The molecule has 1 saturated heterocycles. The summed E-state index contributed by atoms with van der Waals surface area (Å²) in [7, 11) is 0. The zero-order valence-corrected chi connectivity index (χ0v) is 23.0. The highest BCUT2D eigenvalue weighted by atomic mass is 32.1. The highest BCUT2D eigenvalue weighted by Crippen LogP contribution is 2.35. The first-order valence-corrected chi connectivity index (χ1v) is 14.3. The molecule has 3 amide bonds. The molecule has 0 bridgehead atoms. The van der Waals surface area contributed by atoms with Crippen LogP contribution < -0.4 is 10.6 Å². The average Bonchev–Trinajstić information content (AvgIpc) is 3.62. The zero-order valence-electron chi connectivity index (χ0n) is 22.1. The molecule has 2 N–H and O–H groups in total. The molecule has 3 aromatic carbocycles. The second-order valence-electron chi connectivity index (χ2n) is 10.2. The topological polar surface area (TPSA) is 91.4 Å². The van der Waals surface area contributed by atoms with Crippen LogP contribution in [-0.4, -0.2) is 40.7 Å². The number of fused-ring (bicyclic) bond motifs is 1. The molecule has 42 heavy (non-hydrogen) atoms. The SMILES string of the molecule is O=C(NC1C(=O)Nc2ccccc21)c1csc(C2CCN(C(=O)c3ccccc3-c3ccc(C(F)(F)F)cc3)CC2)n1. The molecule has 0 aliphatic carbocycles. The van der Waals surface area contributed by atoms with Crippen molar-refractivity contribution in [2.75, 3.05) is 18.4 Å². The van der Waals surface area contributed by atoms with Gasteiger partial charge in [-0.1, -0.05) is 48.5 Å². The Morgan fingerprint density at radius 1 is 0.952 bits per heavy atom. The molecular formula is C31H25F3N4O3S. The first kappa shape index (κ1) is 27.6. The Balaban J connectivity index is 1.10. The number of nitrogens with zero attached hydrogens (tertiary/aromatic N) is 2. The first-order valence-electron chi connectivity index (χ1n) is 13.4. The lowest BCUT2D eigenvalue weighted by atomic mass is 9.94.